The van der Waals surface area contributed by atoms with E-state index in [1.165, 1.54) is 9.13 Å². The maximum absolute atomic E-state index is 15.4. The van der Waals surface area contributed by atoms with Gasteiger partial charge in [0.2, 0.25) is 24.3 Å². The molecule has 8 atom stereocenters. The van der Waals surface area contributed by atoms with E-state index in [4.69, 9.17) is 0 Å². The average molecular weight is 734 g/mol. The summed E-state index contributed by atoms with van der Waals surface area (Å²) in [6, 6.07) is -1.04. The molecule has 4 aliphatic carbocycles. The molecule has 0 bridgehead atoms. The molecule has 4 fully saturated rings. The zero-order chi connectivity index (χ0) is 38.3. The smallest absolute Gasteiger partial charge is 0.259 e. The second kappa shape index (κ2) is 17.4. The Morgan fingerprint density at radius 3 is 1.17 bits per heavy atom. The summed E-state index contributed by atoms with van der Waals surface area (Å²) in [5.41, 5.74) is -3.88. The molecule has 4 aliphatic rings. The monoisotopic (exact) mass is 733 g/mol. The Bertz CT molecular complexity index is 1700. The van der Waals surface area contributed by atoms with Gasteiger partial charge in [0.25, 0.3) is 0 Å². The summed E-state index contributed by atoms with van der Waals surface area (Å²) in [5.74, 6) is 0.0629. The first-order chi connectivity index (χ1) is 25.5. The van der Waals surface area contributed by atoms with Gasteiger partial charge in [0.1, 0.15) is 0 Å². The highest BCUT2D eigenvalue weighted by Gasteiger charge is 2.52. The molecule has 8 unspecified atom stereocenters. The molecular formula is C39H55N7O7. The van der Waals surface area contributed by atoms with Crippen LogP contribution in [-0.4, -0.2) is 62.6 Å². The summed E-state index contributed by atoms with van der Waals surface area (Å²) in [7, 11) is 0. The van der Waals surface area contributed by atoms with E-state index in [9.17, 15) is 28.8 Å². The van der Waals surface area contributed by atoms with Crippen molar-refractivity contribution in [3.05, 3.63) is 31.5 Å². The Balaban J connectivity index is 1.67. The van der Waals surface area contributed by atoms with Gasteiger partial charge in [-0.3, -0.25) is 4.98 Å². The van der Waals surface area contributed by atoms with Crippen molar-refractivity contribution in [2.24, 2.45) is 55.5 Å². The van der Waals surface area contributed by atoms with Crippen LogP contribution < -0.4 is 17.1 Å². The third kappa shape index (κ3) is 8.07. The Morgan fingerprint density at radius 2 is 0.849 bits per heavy atom. The minimum absolute atomic E-state index is 0.0658. The molecule has 1 aromatic heterocycles. The van der Waals surface area contributed by atoms with Gasteiger partial charge in [0.15, 0.2) is 0 Å². The van der Waals surface area contributed by atoms with Crippen LogP contribution in [-0.2, 0) is 30.3 Å². The van der Waals surface area contributed by atoms with Crippen molar-refractivity contribution in [2.45, 2.75) is 166 Å². The lowest BCUT2D eigenvalue weighted by Gasteiger charge is -2.51. The SMILES string of the molecule is CC(N=C=O)C1CCC(C2CCCC(C(C)N=C=O)C2)(n2c(=O)[nH]c(=O)n(C3(C4CCCC(C(C)N=C=O)C4)CCC(C(C)N=C=O)CC3)c2=O)CC1. The van der Waals surface area contributed by atoms with E-state index < -0.39 is 28.1 Å². The van der Waals surface area contributed by atoms with Crippen LogP contribution >= 0.6 is 0 Å². The molecule has 5 rings (SSSR count). The Morgan fingerprint density at radius 1 is 0.528 bits per heavy atom. The van der Waals surface area contributed by atoms with Crippen LogP contribution in [0.3, 0.4) is 0 Å². The topological polar surface area (TPSA) is 195 Å². The zero-order valence-electron chi connectivity index (χ0n) is 31.6. The predicted octanol–water partition coefficient (Wildman–Crippen LogP) is 4.98. The maximum atomic E-state index is 15.4. The summed E-state index contributed by atoms with van der Waals surface area (Å²) >= 11 is 0. The summed E-state index contributed by atoms with van der Waals surface area (Å²) in [5, 5.41) is 0. The number of aromatic nitrogens is 3. The van der Waals surface area contributed by atoms with Crippen LogP contribution in [0.4, 0.5) is 0 Å². The number of aromatic amines is 1. The standard InChI is InChI=1S/C39H55N7O7/c1-25(40-21-47)29-11-15-38(16-12-29,33-9-5-7-31(19-33)27(3)42-23-49)45-35(51)44-36(52)46(37(45)53)39(17-13-30(14-18-39)26(2)41-22-48)34-10-6-8-32(20-34)28(4)43-24-50/h25-34H,5-20H2,1-4H3,(H,44,51,52). The van der Waals surface area contributed by atoms with Crippen molar-refractivity contribution in [2.75, 3.05) is 0 Å². The quantitative estimate of drug-likeness (QED) is 0.231. The molecule has 1 aromatic rings. The van der Waals surface area contributed by atoms with Crippen LogP contribution in [0.25, 0.3) is 0 Å². The first-order valence-corrected chi connectivity index (χ1v) is 19.7. The van der Waals surface area contributed by atoms with Crippen LogP contribution in [0, 0.1) is 35.5 Å². The molecule has 53 heavy (non-hydrogen) atoms. The Labute approximate surface area is 309 Å². The average Bonchev–Trinajstić information content (AvgIpc) is 3.15. The molecule has 14 nitrogen and oxygen atoms in total. The Kier molecular flexibility index (Phi) is 13.2. The highest BCUT2D eigenvalue weighted by Crippen LogP contribution is 2.52. The third-order valence-corrected chi connectivity index (χ3v) is 14.4. The summed E-state index contributed by atoms with van der Waals surface area (Å²) < 4.78 is 2.76. The van der Waals surface area contributed by atoms with Gasteiger partial charge >= 0.3 is 17.1 Å². The van der Waals surface area contributed by atoms with E-state index in [-0.39, 0.29) is 59.7 Å². The molecule has 0 saturated heterocycles. The Hall–Kier alpha value is -4.07. The number of aliphatic imine (C=N–C) groups is 4. The second-order valence-corrected chi connectivity index (χ2v) is 16.7. The summed E-state index contributed by atoms with van der Waals surface area (Å²) in [6.07, 6.45) is 17.5. The number of carbonyl (C=O) groups excluding carboxylic acids is 4. The first-order valence-electron chi connectivity index (χ1n) is 19.7. The molecular weight excluding hydrogens is 678 g/mol. The predicted molar refractivity (Wildman–Crippen MR) is 197 cm³/mol. The number of nitrogens with one attached hydrogen (secondary N) is 1. The maximum Gasteiger partial charge on any atom is 0.337 e. The number of hydrogen-bond donors (Lipinski definition) is 1. The van der Waals surface area contributed by atoms with Crippen molar-refractivity contribution in [1.29, 1.82) is 0 Å². The molecule has 1 heterocycles. The fourth-order valence-corrected chi connectivity index (χ4v) is 11.2. The molecule has 1 N–H and O–H groups in total. The van der Waals surface area contributed by atoms with E-state index in [1.807, 2.05) is 27.7 Å². The van der Waals surface area contributed by atoms with E-state index >= 15 is 4.79 Å². The minimum atomic E-state index is -0.918. The number of rotatable bonds is 12. The van der Waals surface area contributed by atoms with Crippen LogP contribution in [0.5, 0.6) is 0 Å². The fourth-order valence-electron chi connectivity index (χ4n) is 11.2. The third-order valence-electron chi connectivity index (χ3n) is 14.4. The number of nitrogens with zero attached hydrogens (tertiary/aromatic N) is 6. The van der Waals surface area contributed by atoms with Gasteiger partial charge in [0.05, 0.1) is 35.2 Å². The van der Waals surface area contributed by atoms with Gasteiger partial charge < -0.3 is 0 Å². The van der Waals surface area contributed by atoms with Crippen molar-refractivity contribution in [3.8, 4) is 0 Å². The summed E-state index contributed by atoms with van der Waals surface area (Å²) in [6.45, 7) is 7.58. The lowest BCUT2D eigenvalue weighted by atomic mass is 9.62. The van der Waals surface area contributed by atoms with Gasteiger partial charge in [0, 0.05) is 0 Å². The summed E-state index contributed by atoms with van der Waals surface area (Å²) in [4.78, 5) is 107. The molecule has 14 heteroatoms. The van der Waals surface area contributed by atoms with Gasteiger partial charge in [-0.2, -0.15) is 0 Å². The van der Waals surface area contributed by atoms with Gasteiger partial charge in [-0.15, -0.1) is 0 Å². The van der Waals surface area contributed by atoms with Gasteiger partial charge in [-0.25, -0.2) is 62.7 Å². The van der Waals surface area contributed by atoms with Crippen molar-refractivity contribution in [3.63, 3.8) is 0 Å². The molecule has 288 valence electrons. The zero-order valence-corrected chi connectivity index (χ0v) is 31.6. The molecule has 0 radical (unpaired) electrons. The molecule has 4 saturated carbocycles. The molecule has 0 amide bonds. The van der Waals surface area contributed by atoms with Gasteiger partial charge in [-0.05, 0) is 153 Å². The van der Waals surface area contributed by atoms with Crippen molar-refractivity contribution in [1.82, 2.24) is 14.1 Å². The van der Waals surface area contributed by atoms with E-state index in [1.54, 1.807) is 24.3 Å². The van der Waals surface area contributed by atoms with Crippen LogP contribution in [0.1, 0.15) is 130 Å². The van der Waals surface area contributed by atoms with Crippen molar-refractivity contribution >= 4 is 24.3 Å². The lowest BCUT2D eigenvalue weighted by molar-refractivity contribution is 0.00803. The van der Waals surface area contributed by atoms with Crippen LogP contribution in [0.2, 0.25) is 0 Å². The molecule has 0 aromatic carbocycles. The highest BCUT2D eigenvalue weighted by atomic mass is 16.2. The number of H-pyrrole nitrogens is 1. The highest BCUT2D eigenvalue weighted by molar-refractivity contribution is 5.34. The normalized spacial score (nSPS) is 34.0. The van der Waals surface area contributed by atoms with Crippen LogP contribution in [0.15, 0.2) is 34.4 Å². The fraction of sp³-hybridized carbons (Fsp3) is 0.821. The van der Waals surface area contributed by atoms with Crippen molar-refractivity contribution < 1.29 is 19.2 Å². The van der Waals surface area contributed by atoms with E-state index in [2.05, 4.69) is 25.0 Å². The van der Waals surface area contributed by atoms with E-state index in [0.29, 0.717) is 64.2 Å². The van der Waals surface area contributed by atoms with Gasteiger partial charge in [-0.1, -0.05) is 12.8 Å². The first kappa shape index (κ1) is 40.1. The number of isocyanates is 4. The second-order valence-electron chi connectivity index (χ2n) is 16.7. The molecule has 0 aliphatic heterocycles. The number of hydrogen-bond acceptors (Lipinski definition) is 11. The lowest BCUT2D eigenvalue weighted by Crippen LogP contribution is -2.65. The molecule has 0 spiro atoms. The van der Waals surface area contributed by atoms with E-state index in [0.717, 1.165) is 38.5 Å². The largest absolute Gasteiger partial charge is 0.337 e. The minimum Gasteiger partial charge on any atom is -0.259 e.